The fourth-order valence-corrected chi connectivity index (χ4v) is 10.4. The Morgan fingerprint density at radius 1 is 0.256 bits per heavy atom. The van der Waals surface area contributed by atoms with Crippen LogP contribution in [0.5, 0.6) is 0 Å². The smallest absolute Gasteiger partial charge is 0.306 e. The zero-order valence-electron chi connectivity index (χ0n) is 54.5. The van der Waals surface area contributed by atoms with Gasteiger partial charge in [-0.15, -0.1) is 0 Å². The van der Waals surface area contributed by atoms with Gasteiger partial charge >= 0.3 is 17.9 Å². The summed E-state index contributed by atoms with van der Waals surface area (Å²) in [7, 11) is 0. The molecule has 0 aliphatic heterocycles. The van der Waals surface area contributed by atoms with E-state index in [9.17, 15) is 14.4 Å². The summed E-state index contributed by atoms with van der Waals surface area (Å²) in [6.45, 7) is 6.48. The first kappa shape index (κ1) is 78.6. The molecule has 0 aromatic rings. The third kappa shape index (κ3) is 67.4. The molecular formula is C76H134O6. The molecule has 82 heavy (non-hydrogen) atoms. The highest BCUT2D eigenvalue weighted by Gasteiger charge is 2.19. The number of allylic oxidation sites excluding steroid dienone is 14. The van der Waals surface area contributed by atoms with Gasteiger partial charge in [-0.3, -0.25) is 14.4 Å². The average molecular weight is 1140 g/mol. The molecule has 0 aromatic heterocycles. The van der Waals surface area contributed by atoms with Gasteiger partial charge in [-0.05, 0) is 77.0 Å². The first-order chi connectivity index (χ1) is 40.5. The van der Waals surface area contributed by atoms with E-state index in [0.29, 0.717) is 19.3 Å². The molecule has 0 saturated heterocycles. The van der Waals surface area contributed by atoms with Crippen molar-refractivity contribution >= 4 is 17.9 Å². The van der Waals surface area contributed by atoms with Crippen LogP contribution in [0.3, 0.4) is 0 Å². The predicted octanol–water partition coefficient (Wildman–Crippen LogP) is 24.6. The van der Waals surface area contributed by atoms with Crippen LogP contribution >= 0.6 is 0 Å². The second-order valence-electron chi connectivity index (χ2n) is 23.8. The zero-order valence-corrected chi connectivity index (χ0v) is 54.5. The highest BCUT2D eigenvalue weighted by Crippen LogP contribution is 2.18. The molecule has 0 N–H and O–H groups in total. The van der Waals surface area contributed by atoms with E-state index in [0.717, 1.165) is 116 Å². The van der Waals surface area contributed by atoms with Crippen molar-refractivity contribution in [3.8, 4) is 0 Å². The fourth-order valence-electron chi connectivity index (χ4n) is 10.4. The Morgan fingerprint density at radius 2 is 0.476 bits per heavy atom. The monoisotopic (exact) mass is 1140 g/mol. The van der Waals surface area contributed by atoms with Crippen LogP contribution in [0.1, 0.15) is 361 Å². The van der Waals surface area contributed by atoms with Gasteiger partial charge in [-0.25, -0.2) is 0 Å². The quantitative estimate of drug-likeness (QED) is 0.0261. The number of unbranched alkanes of at least 4 members (excludes halogenated alkanes) is 40. The van der Waals surface area contributed by atoms with E-state index in [-0.39, 0.29) is 31.1 Å². The summed E-state index contributed by atoms with van der Waals surface area (Å²) in [6.07, 6.45) is 93.9. The number of esters is 3. The lowest BCUT2D eigenvalue weighted by Gasteiger charge is -2.18. The number of rotatable bonds is 65. The number of carbonyl (C=O) groups excluding carboxylic acids is 3. The van der Waals surface area contributed by atoms with Crippen molar-refractivity contribution in [2.45, 2.75) is 367 Å². The van der Waals surface area contributed by atoms with E-state index in [1.165, 1.54) is 205 Å². The van der Waals surface area contributed by atoms with Gasteiger partial charge in [0, 0.05) is 19.3 Å². The van der Waals surface area contributed by atoms with Crippen LogP contribution in [0.4, 0.5) is 0 Å². The second-order valence-corrected chi connectivity index (χ2v) is 23.8. The minimum atomic E-state index is -0.779. The van der Waals surface area contributed by atoms with Crippen molar-refractivity contribution < 1.29 is 28.6 Å². The molecule has 0 spiro atoms. The Morgan fingerprint density at radius 3 is 0.744 bits per heavy atom. The van der Waals surface area contributed by atoms with Gasteiger partial charge in [0.2, 0.25) is 0 Å². The minimum absolute atomic E-state index is 0.0777. The van der Waals surface area contributed by atoms with Crippen LogP contribution in [-0.4, -0.2) is 37.2 Å². The van der Waals surface area contributed by atoms with E-state index < -0.39 is 6.10 Å². The molecule has 0 fully saturated rings. The van der Waals surface area contributed by atoms with E-state index in [4.69, 9.17) is 14.2 Å². The molecule has 0 radical (unpaired) electrons. The summed E-state index contributed by atoms with van der Waals surface area (Å²) < 4.78 is 16.8. The third-order valence-electron chi connectivity index (χ3n) is 15.7. The lowest BCUT2D eigenvalue weighted by atomic mass is 10.0. The van der Waals surface area contributed by atoms with Crippen LogP contribution in [-0.2, 0) is 28.6 Å². The van der Waals surface area contributed by atoms with Crippen LogP contribution in [0.2, 0.25) is 0 Å². The SMILES string of the molecule is CC/C=C\C/C=C\C/C=C\C/C=C\C/C=C\C/C=C\C/C=C\CCCCCCCCCC(=O)OC(COC(=O)CCCCCCC)COC(=O)CCCCCCCCCCCCCCCCCCCCCCCCCCCCCCCC. The molecule has 0 heterocycles. The summed E-state index contributed by atoms with van der Waals surface area (Å²) in [5, 5.41) is 0. The molecule has 6 heteroatoms. The van der Waals surface area contributed by atoms with Gasteiger partial charge in [0.1, 0.15) is 13.2 Å². The second kappa shape index (κ2) is 70.1. The lowest BCUT2D eigenvalue weighted by Crippen LogP contribution is -2.30. The maximum Gasteiger partial charge on any atom is 0.306 e. The van der Waals surface area contributed by atoms with Gasteiger partial charge in [-0.1, -0.05) is 350 Å². The van der Waals surface area contributed by atoms with Crippen molar-refractivity contribution in [3.63, 3.8) is 0 Å². The minimum Gasteiger partial charge on any atom is -0.462 e. The van der Waals surface area contributed by atoms with Gasteiger partial charge < -0.3 is 14.2 Å². The Bertz CT molecular complexity index is 1550. The lowest BCUT2D eigenvalue weighted by molar-refractivity contribution is -0.167. The summed E-state index contributed by atoms with van der Waals surface area (Å²) in [5.41, 5.74) is 0. The molecule has 0 aliphatic rings. The fraction of sp³-hybridized carbons (Fsp3) is 0.776. The van der Waals surface area contributed by atoms with Crippen molar-refractivity contribution in [1.29, 1.82) is 0 Å². The summed E-state index contributed by atoms with van der Waals surface area (Å²) >= 11 is 0. The maximum atomic E-state index is 12.9. The van der Waals surface area contributed by atoms with E-state index in [1.807, 2.05) is 0 Å². The molecule has 1 atom stereocenters. The van der Waals surface area contributed by atoms with Crippen LogP contribution < -0.4 is 0 Å². The molecule has 1 unspecified atom stereocenters. The molecule has 0 saturated carbocycles. The molecular weight excluding hydrogens is 1010 g/mol. The standard InChI is InChI=1S/C76H134O6/c1-4-7-10-13-15-17-19-21-23-25-27-29-31-33-35-37-39-40-42-44-46-48-50-52-54-56-58-60-63-66-69-75(78)81-72-73(71-80-74(77)68-65-62-12-9-6-3)82-76(79)70-67-64-61-59-57-55-53-51-49-47-45-43-41-38-36-34-32-30-28-26-24-22-20-18-16-14-11-8-5-2/h8,11,16,18,22,24,28,30,34,36,41,43,47,49,73H,4-7,9-10,12-15,17,19-21,23,25-27,29,31-33,35,37-40,42,44-46,48,50-72H2,1-3H3/b11-8-,18-16-,24-22-,30-28-,36-34-,43-41-,49-47-. The van der Waals surface area contributed by atoms with Gasteiger partial charge in [-0.2, -0.15) is 0 Å². The summed E-state index contributed by atoms with van der Waals surface area (Å²) in [4.78, 5) is 38.0. The van der Waals surface area contributed by atoms with Gasteiger partial charge in [0.25, 0.3) is 0 Å². The number of ether oxygens (including phenoxy) is 3. The van der Waals surface area contributed by atoms with Gasteiger partial charge in [0.15, 0.2) is 6.10 Å². The molecule has 0 bridgehead atoms. The van der Waals surface area contributed by atoms with E-state index in [1.54, 1.807) is 0 Å². The van der Waals surface area contributed by atoms with E-state index >= 15 is 0 Å². The van der Waals surface area contributed by atoms with Crippen LogP contribution in [0.25, 0.3) is 0 Å². The zero-order chi connectivity index (χ0) is 59.2. The molecule has 0 aliphatic carbocycles. The normalized spacial score (nSPS) is 12.6. The Kier molecular flexibility index (Phi) is 67.2. The Balaban J connectivity index is 3.99. The number of hydrogen-bond donors (Lipinski definition) is 0. The first-order valence-corrected chi connectivity index (χ1v) is 35.6. The Labute approximate surface area is 509 Å². The third-order valence-corrected chi connectivity index (χ3v) is 15.7. The van der Waals surface area contributed by atoms with Crippen molar-refractivity contribution in [1.82, 2.24) is 0 Å². The molecule has 474 valence electrons. The largest absolute Gasteiger partial charge is 0.462 e. The summed E-state index contributed by atoms with van der Waals surface area (Å²) in [6, 6.07) is 0. The van der Waals surface area contributed by atoms with Crippen molar-refractivity contribution in [2.75, 3.05) is 13.2 Å². The number of hydrogen-bond acceptors (Lipinski definition) is 6. The maximum absolute atomic E-state index is 12.9. The summed E-state index contributed by atoms with van der Waals surface area (Å²) in [5.74, 6) is -0.888. The van der Waals surface area contributed by atoms with Crippen molar-refractivity contribution in [3.05, 3.63) is 85.1 Å². The highest BCUT2D eigenvalue weighted by atomic mass is 16.6. The first-order valence-electron chi connectivity index (χ1n) is 35.6. The van der Waals surface area contributed by atoms with Gasteiger partial charge in [0.05, 0.1) is 0 Å². The topological polar surface area (TPSA) is 78.9 Å². The van der Waals surface area contributed by atoms with Crippen molar-refractivity contribution in [2.24, 2.45) is 0 Å². The molecule has 6 nitrogen and oxygen atoms in total. The predicted molar refractivity (Wildman–Crippen MR) is 358 cm³/mol. The number of carbonyl (C=O) groups is 3. The van der Waals surface area contributed by atoms with Crippen LogP contribution in [0, 0.1) is 0 Å². The molecule has 0 amide bonds. The Hall–Kier alpha value is -3.41. The van der Waals surface area contributed by atoms with E-state index in [2.05, 4.69) is 106 Å². The molecule has 0 aromatic carbocycles. The van der Waals surface area contributed by atoms with Crippen LogP contribution in [0.15, 0.2) is 85.1 Å². The highest BCUT2D eigenvalue weighted by molar-refractivity contribution is 5.71. The molecule has 0 rings (SSSR count). The average Bonchev–Trinajstić information content (AvgIpc) is 3.47.